The number of rotatable bonds is 5. The number of hydrogen-bond acceptors (Lipinski definition) is 3. The second-order valence-electron chi connectivity index (χ2n) is 10.2. The average molecular weight is 482 g/mol. The number of benzene rings is 3. The summed E-state index contributed by atoms with van der Waals surface area (Å²) < 4.78 is 0. The molecule has 2 amide bonds. The van der Waals surface area contributed by atoms with Crippen LogP contribution in [0, 0.1) is 12.8 Å². The van der Waals surface area contributed by atoms with Crippen LogP contribution in [0.1, 0.15) is 39.4 Å². The van der Waals surface area contributed by atoms with Crippen molar-refractivity contribution in [3.8, 4) is 0 Å². The minimum Gasteiger partial charge on any atom is -0.340 e. The second kappa shape index (κ2) is 11.1. The molecule has 0 bridgehead atoms. The fraction of sp³-hybridized carbons (Fsp3) is 0.355. The summed E-state index contributed by atoms with van der Waals surface area (Å²) >= 11 is 0. The third-order valence-corrected chi connectivity index (χ3v) is 7.55. The summed E-state index contributed by atoms with van der Waals surface area (Å²) in [5.74, 6) is 0.174. The summed E-state index contributed by atoms with van der Waals surface area (Å²) in [6, 6.07) is 28.4. The predicted molar refractivity (Wildman–Crippen MR) is 143 cm³/mol. The Morgan fingerprint density at radius 3 is 2.17 bits per heavy atom. The molecular formula is C31H35N3O2. The van der Waals surface area contributed by atoms with Gasteiger partial charge in [0.05, 0.1) is 5.92 Å². The van der Waals surface area contributed by atoms with Crippen molar-refractivity contribution >= 4 is 11.8 Å². The minimum atomic E-state index is -0.183. The molecule has 5 heteroatoms. The molecule has 2 unspecified atom stereocenters. The summed E-state index contributed by atoms with van der Waals surface area (Å²) in [6.07, 6.45) is 0.783. The first-order valence-corrected chi connectivity index (χ1v) is 13.0. The molecule has 2 fully saturated rings. The maximum Gasteiger partial charge on any atom is 0.253 e. The molecule has 36 heavy (non-hydrogen) atoms. The molecule has 3 aromatic rings. The van der Waals surface area contributed by atoms with Crippen LogP contribution >= 0.6 is 0 Å². The van der Waals surface area contributed by atoms with E-state index in [1.807, 2.05) is 46.2 Å². The summed E-state index contributed by atoms with van der Waals surface area (Å²) in [6.45, 7) is 7.37. The maximum absolute atomic E-state index is 13.7. The number of aryl methyl sites for hydroxylation is 1. The van der Waals surface area contributed by atoms with Crippen LogP contribution in [0.5, 0.6) is 0 Å². The Kier molecular flexibility index (Phi) is 7.47. The molecule has 0 N–H and O–H groups in total. The highest BCUT2D eigenvalue weighted by atomic mass is 16.2. The number of nitrogens with zero attached hydrogens (tertiary/aromatic N) is 3. The van der Waals surface area contributed by atoms with Gasteiger partial charge >= 0.3 is 0 Å². The molecule has 0 aromatic heterocycles. The first kappa shape index (κ1) is 24.3. The van der Waals surface area contributed by atoms with Crippen molar-refractivity contribution in [3.05, 3.63) is 107 Å². The number of carbonyl (C=O) groups excluding carboxylic acids is 2. The first-order chi connectivity index (χ1) is 17.6. The van der Waals surface area contributed by atoms with Crippen LogP contribution in [0.4, 0.5) is 0 Å². The van der Waals surface area contributed by atoms with Crippen molar-refractivity contribution < 1.29 is 9.59 Å². The van der Waals surface area contributed by atoms with Crippen LogP contribution in [0.25, 0.3) is 0 Å². The Hall–Kier alpha value is -3.44. The van der Waals surface area contributed by atoms with Gasteiger partial charge in [-0.05, 0) is 36.6 Å². The van der Waals surface area contributed by atoms with Crippen LogP contribution in [-0.2, 0) is 11.3 Å². The molecule has 2 aliphatic heterocycles. The predicted octanol–water partition coefficient (Wildman–Crippen LogP) is 4.59. The van der Waals surface area contributed by atoms with E-state index in [-0.39, 0.29) is 23.7 Å². The number of likely N-dealkylation sites (tertiary alicyclic amines) is 1. The van der Waals surface area contributed by atoms with E-state index in [1.54, 1.807) is 0 Å². The molecular weight excluding hydrogens is 446 g/mol. The topological polar surface area (TPSA) is 43.9 Å². The van der Waals surface area contributed by atoms with Crippen molar-refractivity contribution in [1.82, 2.24) is 14.7 Å². The van der Waals surface area contributed by atoms with Crippen molar-refractivity contribution in [2.45, 2.75) is 25.8 Å². The number of hydrogen-bond donors (Lipinski definition) is 0. The summed E-state index contributed by atoms with van der Waals surface area (Å²) in [5, 5.41) is 0. The molecule has 0 aliphatic carbocycles. The lowest BCUT2D eigenvalue weighted by Gasteiger charge is -2.41. The fourth-order valence-corrected chi connectivity index (χ4v) is 5.60. The number of piperidine rings is 1. The first-order valence-electron chi connectivity index (χ1n) is 13.0. The Labute approximate surface area is 214 Å². The van der Waals surface area contributed by atoms with Crippen LogP contribution in [0.3, 0.4) is 0 Å². The van der Waals surface area contributed by atoms with Crippen molar-refractivity contribution in [2.75, 3.05) is 39.3 Å². The van der Waals surface area contributed by atoms with Gasteiger partial charge in [-0.25, -0.2) is 0 Å². The van der Waals surface area contributed by atoms with E-state index < -0.39 is 0 Å². The molecule has 0 spiro atoms. The highest BCUT2D eigenvalue weighted by Crippen LogP contribution is 2.33. The van der Waals surface area contributed by atoms with Gasteiger partial charge < -0.3 is 9.80 Å². The smallest absolute Gasteiger partial charge is 0.253 e. The molecule has 186 valence electrons. The van der Waals surface area contributed by atoms with E-state index in [1.165, 1.54) is 16.7 Å². The van der Waals surface area contributed by atoms with E-state index >= 15 is 0 Å². The van der Waals surface area contributed by atoms with E-state index in [0.29, 0.717) is 18.7 Å². The van der Waals surface area contributed by atoms with Gasteiger partial charge in [-0.3, -0.25) is 14.5 Å². The highest BCUT2D eigenvalue weighted by molar-refractivity contribution is 5.94. The molecule has 2 atom stereocenters. The zero-order valence-electron chi connectivity index (χ0n) is 21.1. The van der Waals surface area contributed by atoms with Gasteiger partial charge in [-0.2, -0.15) is 0 Å². The van der Waals surface area contributed by atoms with E-state index in [0.717, 1.165) is 39.1 Å². The lowest BCUT2D eigenvalue weighted by molar-refractivity contribution is -0.139. The summed E-state index contributed by atoms with van der Waals surface area (Å²) in [4.78, 5) is 33.5. The quantitative estimate of drug-likeness (QED) is 0.536. The molecule has 0 radical (unpaired) electrons. The minimum absolute atomic E-state index is 0.0124. The monoisotopic (exact) mass is 481 g/mol. The molecule has 2 aliphatic rings. The molecule has 5 rings (SSSR count). The van der Waals surface area contributed by atoms with Crippen LogP contribution in [0.15, 0.2) is 84.9 Å². The fourth-order valence-electron chi connectivity index (χ4n) is 5.60. The zero-order chi connectivity index (χ0) is 24.9. The van der Waals surface area contributed by atoms with Gasteiger partial charge in [-0.15, -0.1) is 0 Å². The lowest BCUT2D eigenvalue weighted by Crippen LogP contribution is -2.53. The molecule has 0 saturated carbocycles. The van der Waals surface area contributed by atoms with Crippen molar-refractivity contribution in [3.63, 3.8) is 0 Å². The van der Waals surface area contributed by atoms with Crippen molar-refractivity contribution in [1.29, 1.82) is 0 Å². The molecule has 2 heterocycles. The number of amides is 2. The van der Waals surface area contributed by atoms with E-state index in [9.17, 15) is 9.59 Å². The standard InChI is InChI=1S/C31H35N3O2/c1-24-9-8-14-27(19-24)28-20-29(23-34(22-28)30(35)26-12-6-3-7-13-26)31(36)33-17-15-32(16-18-33)21-25-10-4-2-5-11-25/h2-14,19,28-29H,15-18,20-23H2,1H3. The third kappa shape index (κ3) is 5.68. The highest BCUT2D eigenvalue weighted by Gasteiger charge is 2.37. The summed E-state index contributed by atoms with van der Waals surface area (Å²) in [7, 11) is 0. The summed E-state index contributed by atoms with van der Waals surface area (Å²) in [5.41, 5.74) is 4.41. The Morgan fingerprint density at radius 1 is 0.778 bits per heavy atom. The van der Waals surface area contributed by atoms with Crippen molar-refractivity contribution in [2.24, 2.45) is 5.92 Å². The lowest BCUT2D eigenvalue weighted by atomic mass is 9.83. The average Bonchev–Trinajstić information content (AvgIpc) is 2.93. The van der Waals surface area contributed by atoms with Gasteiger partial charge in [0.2, 0.25) is 5.91 Å². The maximum atomic E-state index is 13.7. The van der Waals surface area contributed by atoms with Crippen LogP contribution in [0.2, 0.25) is 0 Å². The SMILES string of the molecule is Cc1cccc(C2CC(C(=O)N3CCN(Cc4ccccc4)CC3)CN(C(=O)c3ccccc3)C2)c1. The molecule has 2 saturated heterocycles. The van der Waals surface area contributed by atoms with E-state index in [4.69, 9.17) is 0 Å². The molecule has 5 nitrogen and oxygen atoms in total. The third-order valence-electron chi connectivity index (χ3n) is 7.55. The zero-order valence-corrected chi connectivity index (χ0v) is 21.1. The Bertz CT molecular complexity index is 1170. The van der Waals surface area contributed by atoms with Gasteiger partial charge in [0.1, 0.15) is 0 Å². The normalized spacial score (nSPS) is 20.8. The Morgan fingerprint density at radius 2 is 1.47 bits per heavy atom. The Balaban J connectivity index is 1.29. The van der Waals surface area contributed by atoms with Gasteiger partial charge in [0, 0.05) is 57.3 Å². The van der Waals surface area contributed by atoms with Gasteiger partial charge in [0.15, 0.2) is 0 Å². The number of carbonyl (C=O) groups is 2. The van der Waals surface area contributed by atoms with Gasteiger partial charge in [0.25, 0.3) is 5.91 Å². The van der Waals surface area contributed by atoms with Crippen LogP contribution < -0.4 is 0 Å². The van der Waals surface area contributed by atoms with E-state index in [2.05, 4.69) is 60.4 Å². The van der Waals surface area contributed by atoms with Crippen LogP contribution in [-0.4, -0.2) is 65.8 Å². The number of piperazine rings is 1. The largest absolute Gasteiger partial charge is 0.340 e. The molecule has 3 aromatic carbocycles. The van der Waals surface area contributed by atoms with Gasteiger partial charge in [-0.1, -0.05) is 78.4 Å². The second-order valence-corrected chi connectivity index (χ2v) is 10.2.